The van der Waals surface area contributed by atoms with E-state index in [1.807, 2.05) is 31.2 Å². The highest BCUT2D eigenvalue weighted by molar-refractivity contribution is 6.30. The summed E-state index contributed by atoms with van der Waals surface area (Å²) >= 11 is 5.84. The summed E-state index contributed by atoms with van der Waals surface area (Å²) in [5, 5.41) is 19.7. The van der Waals surface area contributed by atoms with Crippen molar-refractivity contribution in [3.8, 4) is 5.69 Å². The van der Waals surface area contributed by atoms with Crippen LogP contribution in [0.1, 0.15) is 11.3 Å². The zero-order valence-electron chi connectivity index (χ0n) is 13.5. The first-order valence-electron chi connectivity index (χ1n) is 7.65. The molecule has 128 valence electrons. The van der Waals surface area contributed by atoms with E-state index < -0.39 is 0 Å². The molecule has 0 aliphatic rings. The number of aromatic nitrogens is 2. The Balaban J connectivity index is 1.78. The van der Waals surface area contributed by atoms with Crippen LogP contribution in [0.4, 0.5) is 16.3 Å². The van der Waals surface area contributed by atoms with Gasteiger partial charge in [0.05, 0.1) is 18.0 Å². The molecular weight excluding hydrogens is 340 g/mol. The third-order valence-corrected chi connectivity index (χ3v) is 3.79. The number of benzene rings is 2. The van der Waals surface area contributed by atoms with E-state index in [2.05, 4.69) is 15.7 Å². The zero-order chi connectivity index (χ0) is 17.8. The Morgan fingerprint density at radius 3 is 2.44 bits per heavy atom. The number of aliphatic hydroxyl groups excluding tert-OH is 1. The normalized spacial score (nSPS) is 10.5. The third-order valence-electron chi connectivity index (χ3n) is 3.54. The van der Waals surface area contributed by atoms with E-state index in [9.17, 15) is 4.79 Å². The van der Waals surface area contributed by atoms with Crippen LogP contribution >= 0.6 is 11.6 Å². The van der Waals surface area contributed by atoms with E-state index in [0.717, 1.165) is 16.9 Å². The van der Waals surface area contributed by atoms with Crippen LogP contribution in [0.25, 0.3) is 5.69 Å². The number of carbonyl (C=O) groups is 1. The zero-order valence-corrected chi connectivity index (χ0v) is 14.3. The Bertz CT molecular complexity index is 873. The summed E-state index contributed by atoms with van der Waals surface area (Å²) in [6.07, 6.45) is 0. The van der Waals surface area contributed by atoms with Crippen LogP contribution in [0.2, 0.25) is 5.02 Å². The summed E-state index contributed by atoms with van der Waals surface area (Å²) in [5.41, 5.74) is 3.00. The first kappa shape index (κ1) is 17.0. The predicted octanol–water partition coefficient (Wildman–Crippen LogP) is 3.97. The molecule has 0 atom stereocenters. The number of urea groups is 1. The van der Waals surface area contributed by atoms with Crippen molar-refractivity contribution in [2.75, 3.05) is 10.6 Å². The highest BCUT2D eigenvalue weighted by atomic mass is 35.5. The maximum Gasteiger partial charge on any atom is 0.324 e. The Morgan fingerprint density at radius 2 is 1.80 bits per heavy atom. The van der Waals surface area contributed by atoms with Gasteiger partial charge in [0.15, 0.2) is 0 Å². The predicted molar refractivity (Wildman–Crippen MR) is 98.3 cm³/mol. The number of anilines is 2. The van der Waals surface area contributed by atoms with E-state index in [4.69, 9.17) is 16.7 Å². The second-order valence-electron chi connectivity index (χ2n) is 5.49. The molecule has 25 heavy (non-hydrogen) atoms. The van der Waals surface area contributed by atoms with Crippen LogP contribution in [0.3, 0.4) is 0 Å². The molecule has 2 amide bonds. The minimum Gasteiger partial charge on any atom is -0.392 e. The summed E-state index contributed by atoms with van der Waals surface area (Å²) in [5.74, 6) is 0.542. The molecule has 3 N–H and O–H groups in total. The number of hydrogen-bond donors (Lipinski definition) is 3. The number of aryl methyl sites for hydroxylation is 1. The van der Waals surface area contributed by atoms with E-state index in [0.29, 0.717) is 16.5 Å². The Kier molecular flexibility index (Phi) is 5.02. The lowest BCUT2D eigenvalue weighted by Gasteiger charge is -2.10. The van der Waals surface area contributed by atoms with Crippen molar-refractivity contribution in [1.82, 2.24) is 9.78 Å². The molecule has 0 saturated heterocycles. The summed E-state index contributed by atoms with van der Waals surface area (Å²) in [6.45, 7) is 1.83. The van der Waals surface area contributed by atoms with Crippen molar-refractivity contribution in [2.45, 2.75) is 13.5 Å². The molecule has 0 radical (unpaired) electrons. The molecule has 6 nitrogen and oxygen atoms in total. The van der Waals surface area contributed by atoms with Crippen LogP contribution in [0.15, 0.2) is 54.6 Å². The second-order valence-corrected chi connectivity index (χ2v) is 5.93. The van der Waals surface area contributed by atoms with E-state index in [-0.39, 0.29) is 12.6 Å². The monoisotopic (exact) mass is 356 g/mol. The highest BCUT2D eigenvalue weighted by Crippen LogP contribution is 2.19. The van der Waals surface area contributed by atoms with Crippen molar-refractivity contribution in [3.05, 3.63) is 70.9 Å². The van der Waals surface area contributed by atoms with Gasteiger partial charge < -0.3 is 10.4 Å². The fraction of sp³-hybridized carbons (Fsp3) is 0.111. The Labute approximate surface area is 150 Å². The number of hydrogen-bond acceptors (Lipinski definition) is 3. The van der Waals surface area contributed by atoms with Crippen LogP contribution < -0.4 is 10.6 Å². The van der Waals surface area contributed by atoms with Crippen molar-refractivity contribution in [1.29, 1.82) is 0 Å². The average Bonchev–Trinajstić information content (AvgIpc) is 2.97. The lowest BCUT2D eigenvalue weighted by molar-refractivity contribution is 0.262. The van der Waals surface area contributed by atoms with Crippen LogP contribution in [-0.4, -0.2) is 20.9 Å². The number of nitrogens with zero attached hydrogens (tertiary/aromatic N) is 2. The molecule has 0 spiro atoms. The van der Waals surface area contributed by atoms with E-state index in [1.165, 1.54) is 0 Å². The van der Waals surface area contributed by atoms with Gasteiger partial charge in [-0.1, -0.05) is 23.7 Å². The topological polar surface area (TPSA) is 79.2 Å². The largest absolute Gasteiger partial charge is 0.392 e. The minimum atomic E-state index is -0.379. The summed E-state index contributed by atoms with van der Waals surface area (Å²) in [4.78, 5) is 12.2. The van der Waals surface area contributed by atoms with Gasteiger partial charge in [-0.2, -0.15) is 5.10 Å². The molecule has 3 rings (SSSR count). The van der Waals surface area contributed by atoms with Crippen molar-refractivity contribution in [3.63, 3.8) is 0 Å². The first-order valence-corrected chi connectivity index (χ1v) is 8.03. The molecule has 7 heteroatoms. The van der Waals surface area contributed by atoms with Gasteiger partial charge in [0.25, 0.3) is 0 Å². The number of halogens is 1. The summed E-state index contributed by atoms with van der Waals surface area (Å²) in [6, 6.07) is 15.5. The average molecular weight is 357 g/mol. The van der Waals surface area contributed by atoms with Gasteiger partial charge in [-0.3, -0.25) is 5.32 Å². The molecule has 0 aliphatic heterocycles. The molecule has 0 unspecified atom stereocenters. The molecule has 0 bridgehead atoms. The van der Waals surface area contributed by atoms with Gasteiger partial charge in [0, 0.05) is 16.8 Å². The van der Waals surface area contributed by atoms with E-state index >= 15 is 0 Å². The number of rotatable bonds is 4. The van der Waals surface area contributed by atoms with E-state index in [1.54, 1.807) is 35.0 Å². The standard InChI is InChI=1S/C18H17ClN4O2/c1-12-10-17(21-18(25)20-15-6-4-14(19)5-7-15)23(22-12)16-8-2-13(11-24)3-9-16/h2-10,24H,11H2,1H3,(H2,20,21,25). The molecule has 1 heterocycles. The highest BCUT2D eigenvalue weighted by Gasteiger charge is 2.11. The third kappa shape index (κ3) is 4.17. The SMILES string of the molecule is Cc1cc(NC(=O)Nc2ccc(Cl)cc2)n(-c2ccc(CO)cc2)n1. The smallest absolute Gasteiger partial charge is 0.324 e. The molecule has 2 aromatic carbocycles. The van der Waals surface area contributed by atoms with Gasteiger partial charge in [-0.05, 0) is 48.9 Å². The van der Waals surface area contributed by atoms with Crippen molar-refractivity contribution >= 4 is 29.1 Å². The molecule has 0 fully saturated rings. The van der Waals surface area contributed by atoms with Gasteiger partial charge in [0.1, 0.15) is 5.82 Å². The van der Waals surface area contributed by atoms with Gasteiger partial charge in [0.2, 0.25) is 0 Å². The lowest BCUT2D eigenvalue weighted by Crippen LogP contribution is -2.21. The van der Waals surface area contributed by atoms with Crippen LogP contribution in [0.5, 0.6) is 0 Å². The number of aliphatic hydroxyl groups is 1. The van der Waals surface area contributed by atoms with Crippen LogP contribution in [0, 0.1) is 6.92 Å². The summed E-state index contributed by atoms with van der Waals surface area (Å²) < 4.78 is 1.64. The molecule has 0 aliphatic carbocycles. The van der Waals surface area contributed by atoms with Gasteiger partial charge in [-0.15, -0.1) is 0 Å². The summed E-state index contributed by atoms with van der Waals surface area (Å²) in [7, 11) is 0. The maximum absolute atomic E-state index is 12.2. The fourth-order valence-corrected chi connectivity index (χ4v) is 2.47. The Morgan fingerprint density at radius 1 is 1.12 bits per heavy atom. The minimum absolute atomic E-state index is 0.0208. The van der Waals surface area contributed by atoms with Crippen molar-refractivity contribution < 1.29 is 9.90 Å². The first-order chi connectivity index (χ1) is 12.0. The van der Waals surface area contributed by atoms with Gasteiger partial charge in [-0.25, -0.2) is 9.48 Å². The lowest BCUT2D eigenvalue weighted by atomic mass is 10.2. The molecule has 3 aromatic rings. The number of amides is 2. The molecular formula is C18H17ClN4O2. The fourth-order valence-electron chi connectivity index (χ4n) is 2.34. The second kappa shape index (κ2) is 7.38. The van der Waals surface area contributed by atoms with Crippen LogP contribution in [-0.2, 0) is 6.61 Å². The van der Waals surface area contributed by atoms with Crippen molar-refractivity contribution in [2.24, 2.45) is 0 Å². The Hall–Kier alpha value is -2.83. The molecule has 1 aromatic heterocycles. The number of nitrogens with one attached hydrogen (secondary N) is 2. The number of carbonyl (C=O) groups excluding carboxylic acids is 1. The molecule has 0 saturated carbocycles. The maximum atomic E-state index is 12.2. The van der Waals surface area contributed by atoms with Gasteiger partial charge >= 0.3 is 6.03 Å². The quantitative estimate of drug-likeness (QED) is 0.661.